The third-order valence-electron chi connectivity index (χ3n) is 3.73. The van der Waals surface area contributed by atoms with Crippen molar-refractivity contribution in [2.45, 2.75) is 19.4 Å². The van der Waals surface area contributed by atoms with Gasteiger partial charge in [-0.2, -0.15) is 0 Å². The second-order valence-electron chi connectivity index (χ2n) is 4.92. The summed E-state index contributed by atoms with van der Waals surface area (Å²) in [5.41, 5.74) is 5.57. The summed E-state index contributed by atoms with van der Waals surface area (Å²) in [6, 6.07) is 17.8. The molecular weight excluding hydrogens is 230 g/mol. The minimum Gasteiger partial charge on any atom is -0.306 e. The second-order valence-corrected chi connectivity index (χ2v) is 4.92. The lowest BCUT2D eigenvalue weighted by molar-refractivity contribution is 0.621. The van der Waals surface area contributed by atoms with E-state index in [-0.39, 0.29) is 0 Å². The van der Waals surface area contributed by atoms with Crippen molar-refractivity contribution in [1.82, 2.24) is 5.32 Å². The summed E-state index contributed by atoms with van der Waals surface area (Å²) in [6.45, 7) is 3.08. The van der Waals surface area contributed by atoms with Gasteiger partial charge >= 0.3 is 0 Å². The van der Waals surface area contributed by atoms with Crippen LogP contribution in [0.25, 0.3) is 11.1 Å². The first kappa shape index (κ1) is 12.2. The molecule has 0 heterocycles. The Hall–Kier alpha value is -1.86. The van der Waals surface area contributed by atoms with Gasteiger partial charge in [-0.15, -0.1) is 0 Å². The van der Waals surface area contributed by atoms with Crippen LogP contribution in [0.3, 0.4) is 0 Å². The van der Waals surface area contributed by atoms with E-state index in [1.165, 1.54) is 22.3 Å². The van der Waals surface area contributed by atoms with Crippen LogP contribution in [0.15, 0.2) is 60.7 Å². The zero-order chi connectivity index (χ0) is 13.1. The van der Waals surface area contributed by atoms with Gasteiger partial charge < -0.3 is 5.32 Å². The quantitative estimate of drug-likeness (QED) is 0.629. The van der Waals surface area contributed by atoms with Crippen molar-refractivity contribution in [3.8, 4) is 11.1 Å². The fourth-order valence-corrected chi connectivity index (χ4v) is 2.85. The van der Waals surface area contributed by atoms with Crippen LogP contribution in [0.4, 0.5) is 0 Å². The van der Waals surface area contributed by atoms with Crippen LogP contribution < -0.4 is 5.32 Å². The molecule has 96 valence electrons. The van der Waals surface area contributed by atoms with Gasteiger partial charge in [-0.1, -0.05) is 60.7 Å². The normalized spacial score (nSPS) is 13.7. The van der Waals surface area contributed by atoms with Crippen molar-refractivity contribution in [3.63, 3.8) is 0 Å². The van der Waals surface area contributed by atoms with Crippen LogP contribution in [0, 0.1) is 0 Å². The van der Waals surface area contributed by atoms with E-state index in [9.17, 15) is 0 Å². The molecule has 0 saturated carbocycles. The first-order valence-corrected chi connectivity index (χ1v) is 6.94. The van der Waals surface area contributed by atoms with Gasteiger partial charge in [0.2, 0.25) is 0 Å². The van der Waals surface area contributed by atoms with Gasteiger partial charge in [0.1, 0.15) is 0 Å². The van der Waals surface area contributed by atoms with Crippen LogP contribution in [0.2, 0.25) is 0 Å². The molecular formula is C18H19N. The van der Waals surface area contributed by atoms with Gasteiger partial charge in [0.05, 0.1) is 6.04 Å². The topological polar surface area (TPSA) is 12.0 Å². The van der Waals surface area contributed by atoms with Crippen molar-refractivity contribution >= 4 is 0 Å². The molecule has 1 N–H and O–H groups in total. The van der Waals surface area contributed by atoms with Gasteiger partial charge in [-0.25, -0.2) is 0 Å². The molecule has 0 aromatic heterocycles. The van der Waals surface area contributed by atoms with Crippen LogP contribution in [-0.2, 0) is 0 Å². The van der Waals surface area contributed by atoms with E-state index >= 15 is 0 Å². The first-order valence-electron chi connectivity index (χ1n) is 6.94. The molecule has 1 aliphatic carbocycles. The van der Waals surface area contributed by atoms with Gasteiger partial charge in [-0.05, 0) is 42.1 Å². The lowest BCUT2D eigenvalue weighted by Crippen LogP contribution is -2.21. The van der Waals surface area contributed by atoms with Crippen LogP contribution in [0.1, 0.15) is 30.5 Å². The van der Waals surface area contributed by atoms with Gasteiger partial charge in [-0.3, -0.25) is 0 Å². The molecule has 0 fully saturated rings. The summed E-state index contributed by atoms with van der Waals surface area (Å²) in [4.78, 5) is 0. The summed E-state index contributed by atoms with van der Waals surface area (Å²) in [7, 11) is 0. The molecule has 19 heavy (non-hydrogen) atoms. The third kappa shape index (κ3) is 2.22. The molecule has 0 saturated heterocycles. The number of hydrogen-bond acceptors (Lipinski definition) is 1. The van der Waals surface area contributed by atoms with Gasteiger partial charge in [0.15, 0.2) is 0 Å². The van der Waals surface area contributed by atoms with E-state index in [1.807, 2.05) is 0 Å². The number of benzene rings is 2. The predicted molar refractivity (Wildman–Crippen MR) is 81.2 cm³/mol. The van der Waals surface area contributed by atoms with E-state index in [4.69, 9.17) is 0 Å². The van der Waals surface area contributed by atoms with Crippen LogP contribution >= 0.6 is 0 Å². The molecule has 1 nitrogen and oxygen atoms in total. The van der Waals surface area contributed by atoms with Crippen LogP contribution in [0.5, 0.6) is 0 Å². The van der Waals surface area contributed by atoms with E-state index in [0.717, 1.165) is 13.0 Å². The Balaban J connectivity index is 1.91. The smallest absolute Gasteiger partial charge is 0.0589 e. The second kappa shape index (κ2) is 5.41. The Kier molecular flexibility index (Phi) is 3.47. The summed E-state index contributed by atoms with van der Waals surface area (Å²) in [5.74, 6) is 0. The maximum absolute atomic E-state index is 3.68. The summed E-state index contributed by atoms with van der Waals surface area (Å²) in [5, 5.41) is 3.68. The number of rotatable bonds is 4. The van der Waals surface area contributed by atoms with E-state index < -0.39 is 0 Å². The lowest BCUT2D eigenvalue weighted by atomic mass is 10.1. The molecule has 2 aromatic rings. The number of allylic oxidation sites excluding steroid dienone is 1. The van der Waals surface area contributed by atoms with E-state index in [2.05, 4.69) is 72.9 Å². The summed E-state index contributed by atoms with van der Waals surface area (Å²) >= 11 is 0. The largest absolute Gasteiger partial charge is 0.306 e. The molecule has 1 aliphatic rings. The highest BCUT2D eigenvalue weighted by Crippen LogP contribution is 2.42. The molecule has 3 rings (SSSR count). The molecule has 0 atom stereocenters. The SMILES string of the molecule is C/C=C/CCNC1c2ccccc2-c2ccccc21. The molecule has 0 aliphatic heterocycles. The van der Waals surface area contributed by atoms with Crippen molar-refractivity contribution < 1.29 is 0 Å². The average Bonchev–Trinajstić information content (AvgIpc) is 2.78. The fraction of sp³-hybridized carbons (Fsp3) is 0.222. The molecule has 2 aromatic carbocycles. The van der Waals surface area contributed by atoms with E-state index in [0.29, 0.717) is 6.04 Å². The maximum atomic E-state index is 3.68. The van der Waals surface area contributed by atoms with Gasteiger partial charge in [0.25, 0.3) is 0 Å². The van der Waals surface area contributed by atoms with Crippen molar-refractivity contribution in [1.29, 1.82) is 0 Å². The van der Waals surface area contributed by atoms with Crippen molar-refractivity contribution in [2.24, 2.45) is 0 Å². The first-order chi connectivity index (χ1) is 9.42. The lowest BCUT2D eigenvalue weighted by Gasteiger charge is -2.15. The number of fused-ring (bicyclic) bond motifs is 3. The van der Waals surface area contributed by atoms with Crippen LogP contribution in [-0.4, -0.2) is 6.54 Å². The molecule has 0 unspecified atom stereocenters. The zero-order valence-corrected chi connectivity index (χ0v) is 11.3. The van der Waals surface area contributed by atoms with Crippen molar-refractivity contribution in [2.75, 3.05) is 6.54 Å². The Morgan fingerprint density at radius 1 is 0.947 bits per heavy atom. The molecule has 0 spiro atoms. The minimum absolute atomic E-state index is 0.345. The fourth-order valence-electron chi connectivity index (χ4n) is 2.85. The predicted octanol–water partition coefficient (Wildman–Crippen LogP) is 4.31. The Morgan fingerprint density at radius 3 is 2.11 bits per heavy atom. The van der Waals surface area contributed by atoms with Gasteiger partial charge in [0, 0.05) is 0 Å². The number of nitrogens with one attached hydrogen (secondary N) is 1. The van der Waals surface area contributed by atoms with Crippen molar-refractivity contribution in [3.05, 3.63) is 71.8 Å². The summed E-state index contributed by atoms with van der Waals surface area (Å²) in [6.07, 6.45) is 5.40. The minimum atomic E-state index is 0.345. The monoisotopic (exact) mass is 249 g/mol. The summed E-state index contributed by atoms with van der Waals surface area (Å²) < 4.78 is 0. The average molecular weight is 249 g/mol. The Labute approximate surface area is 115 Å². The maximum Gasteiger partial charge on any atom is 0.0589 e. The molecule has 0 bridgehead atoms. The highest BCUT2D eigenvalue weighted by atomic mass is 14.9. The Morgan fingerprint density at radius 2 is 1.53 bits per heavy atom. The zero-order valence-electron chi connectivity index (χ0n) is 11.3. The highest BCUT2D eigenvalue weighted by molar-refractivity contribution is 5.78. The highest BCUT2D eigenvalue weighted by Gasteiger charge is 2.26. The third-order valence-corrected chi connectivity index (χ3v) is 3.73. The van der Waals surface area contributed by atoms with E-state index in [1.54, 1.807) is 0 Å². The number of hydrogen-bond donors (Lipinski definition) is 1. The molecule has 0 radical (unpaired) electrons. The molecule has 1 heteroatoms. The standard InChI is InChI=1S/C18H19N/c1-2-3-8-13-19-18-16-11-6-4-9-14(16)15-10-5-7-12-17(15)18/h2-7,9-12,18-19H,8,13H2,1H3/b3-2+. The molecule has 0 amide bonds. The Bertz CT molecular complexity index is 553.